The molecule has 0 aromatic heterocycles. The summed E-state index contributed by atoms with van der Waals surface area (Å²) in [5, 5.41) is 3.12. The molecule has 1 aromatic rings. The SMILES string of the molecule is CCNCc1ccc(Br)cc1N(C)CC(F)(F)F. The Morgan fingerprint density at radius 2 is 2.00 bits per heavy atom. The fourth-order valence-corrected chi connectivity index (χ4v) is 2.00. The molecule has 0 radical (unpaired) electrons. The minimum absolute atomic E-state index is 0.557. The van der Waals surface area contributed by atoms with Gasteiger partial charge in [0.1, 0.15) is 6.54 Å². The molecule has 0 aliphatic carbocycles. The van der Waals surface area contributed by atoms with Crippen molar-refractivity contribution >= 4 is 21.6 Å². The highest BCUT2D eigenvalue weighted by atomic mass is 79.9. The van der Waals surface area contributed by atoms with Crippen molar-refractivity contribution in [1.82, 2.24) is 5.32 Å². The van der Waals surface area contributed by atoms with Crippen LogP contribution in [-0.2, 0) is 6.54 Å². The van der Waals surface area contributed by atoms with Crippen LogP contribution >= 0.6 is 15.9 Å². The highest BCUT2D eigenvalue weighted by Crippen LogP contribution is 2.27. The maximum absolute atomic E-state index is 12.4. The Hall–Kier alpha value is -0.750. The van der Waals surface area contributed by atoms with E-state index in [0.717, 1.165) is 16.6 Å². The highest BCUT2D eigenvalue weighted by molar-refractivity contribution is 9.10. The fraction of sp³-hybridized carbons (Fsp3) is 0.500. The van der Waals surface area contributed by atoms with E-state index in [1.165, 1.54) is 11.9 Å². The van der Waals surface area contributed by atoms with Gasteiger partial charge in [-0.05, 0) is 24.2 Å². The summed E-state index contributed by atoms with van der Waals surface area (Å²) >= 11 is 3.28. The van der Waals surface area contributed by atoms with Crippen molar-refractivity contribution in [2.24, 2.45) is 0 Å². The van der Waals surface area contributed by atoms with Crippen molar-refractivity contribution in [3.8, 4) is 0 Å². The topological polar surface area (TPSA) is 15.3 Å². The van der Waals surface area contributed by atoms with Crippen LogP contribution in [0.15, 0.2) is 22.7 Å². The van der Waals surface area contributed by atoms with Crippen LogP contribution in [0.2, 0.25) is 0 Å². The van der Waals surface area contributed by atoms with Crippen LogP contribution in [0.1, 0.15) is 12.5 Å². The second-order valence-corrected chi connectivity index (χ2v) is 4.94. The molecule has 1 N–H and O–H groups in total. The Morgan fingerprint density at radius 3 is 2.56 bits per heavy atom. The van der Waals surface area contributed by atoms with Crippen LogP contribution in [0.4, 0.5) is 18.9 Å². The molecule has 102 valence electrons. The number of alkyl halides is 3. The number of hydrogen-bond acceptors (Lipinski definition) is 2. The van der Waals surface area contributed by atoms with Gasteiger partial charge < -0.3 is 10.2 Å². The average molecular weight is 325 g/mol. The van der Waals surface area contributed by atoms with Crippen molar-refractivity contribution in [1.29, 1.82) is 0 Å². The van der Waals surface area contributed by atoms with Crippen LogP contribution in [0.3, 0.4) is 0 Å². The van der Waals surface area contributed by atoms with Gasteiger partial charge in [0.25, 0.3) is 0 Å². The average Bonchev–Trinajstić information content (AvgIpc) is 2.25. The zero-order valence-electron chi connectivity index (χ0n) is 10.3. The molecule has 0 amide bonds. The summed E-state index contributed by atoms with van der Waals surface area (Å²) in [5.41, 5.74) is 1.44. The van der Waals surface area contributed by atoms with Crippen molar-refractivity contribution in [3.05, 3.63) is 28.2 Å². The maximum atomic E-state index is 12.4. The molecule has 1 rings (SSSR count). The van der Waals surface area contributed by atoms with E-state index >= 15 is 0 Å². The third-order valence-corrected chi connectivity index (χ3v) is 2.93. The highest BCUT2D eigenvalue weighted by Gasteiger charge is 2.30. The van der Waals surface area contributed by atoms with Crippen LogP contribution in [0, 0.1) is 0 Å². The van der Waals surface area contributed by atoms with Gasteiger partial charge in [0.15, 0.2) is 0 Å². The van der Waals surface area contributed by atoms with Gasteiger partial charge in [-0.25, -0.2) is 0 Å². The summed E-state index contributed by atoms with van der Waals surface area (Å²) in [7, 11) is 1.45. The van der Waals surface area contributed by atoms with Crippen LogP contribution in [0.25, 0.3) is 0 Å². The summed E-state index contributed by atoms with van der Waals surface area (Å²) in [5.74, 6) is 0. The normalized spacial score (nSPS) is 11.7. The lowest BCUT2D eigenvalue weighted by Crippen LogP contribution is -2.32. The third-order valence-electron chi connectivity index (χ3n) is 2.44. The van der Waals surface area contributed by atoms with Crippen LogP contribution in [-0.4, -0.2) is 26.3 Å². The summed E-state index contributed by atoms with van der Waals surface area (Å²) in [4.78, 5) is 1.22. The molecule has 0 aliphatic rings. The van der Waals surface area contributed by atoms with Gasteiger partial charge in [-0.1, -0.05) is 28.9 Å². The summed E-state index contributed by atoms with van der Waals surface area (Å²) in [6.07, 6.45) is -4.20. The number of benzene rings is 1. The summed E-state index contributed by atoms with van der Waals surface area (Å²) < 4.78 is 38.0. The Labute approximate surface area is 113 Å². The second-order valence-electron chi connectivity index (χ2n) is 4.02. The molecule has 0 atom stereocenters. The lowest BCUT2D eigenvalue weighted by Gasteiger charge is -2.24. The summed E-state index contributed by atoms with van der Waals surface area (Å²) in [6.45, 7) is 2.33. The van der Waals surface area contributed by atoms with Gasteiger partial charge in [0.2, 0.25) is 0 Å². The van der Waals surface area contributed by atoms with E-state index in [-0.39, 0.29) is 0 Å². The first-order chi connectivity index (χ1) is 8.33. The van der Waals surface area contributed by atoms with E-state index < -0.39 is 12.7 Å². The monoisotopic (exact) mass is 324 g/mol. The van der Waals surface area contributed by atoms with Crippen molar-refractivity contribution in [2.75, 3.05) is 25.0 Å². The molecule has 18 heavy (non-hydrogen) atoms. The lowest BCUT2D eigenvalue weighted by atomic mass is 10.1. The van der Waals surface area contributed by atoms with Crippen molar-refractivity contribution in [3.63, 3.8) is 0 Å². The summed E-state index contributed by atoms with van der Waals surface area (Å²) in [6, 6.07) is 5.37. The molecule has 6 heteroatoms. The Balaban J connectivity index is 2.93. The molecule has 0 heterocycles. The minimum atomic E-state index is -4.20. The van der Waals surface area contributed by atoms with E-state index in [9.17, 15) is 13.2 Å². The first kappa shape index (κ1) is 15.3. The van der Waals surface area contributed by atoms with E-state index in [2.05, 4.69) is 21.2 Å². The number of anilines is 1. The van der Waals surface area contributed by atoms with Crippen LogP contribution < -0.4 is 10.2 Å². The molecule has 1 aromatic carbocycles. The third kappa shape index (κ3) is 4.86. The van der Waals surface area contributed by atoms with E-state index in [1.807, 2.05) is 19.1 Å². The number of nitrogens with zero attached hydrogens (tertiary/aromatic N) is 1. The molecule has 0 saturated heterocycles. The van der Waals surface area contributed by atoms with E-state index in [1.54, 1.807) is 6.07 Å². The lowest BCUT2D eigenvalue weighted by molar-refractivity contribution is -0.119. The minimum Gasteiger partial charge on any atom is -0.365 e. The van der Waals surface area contributed by atoms with E-state index in [4.69, 9.17) is 0 Å². The zero-order chi connectivity index (χ0) is 13.8. The first-order valence-corrected chi connectivity index (χ1v) is 6.40. The molecule has 0 aliphatic heterocycles. The van der Waals surface area contributed by atoms with Gasteiger partial charge in [-0.15, -0.1) is 0 Å². The van der Waals surface area contributed by atoms with Gasteiger partial charge in [-0.2, -0.15) is 13.2 Å². The standard InChI is InChI=1S/C12H16BrF3N2/c1-3-17-7-9-4-5-10(13)6-11(9)18(2)8-12(14,15)16/h4-6,17H,3,7-8H2,1-2H3. The van der Waals surface area contributed by atoms with Crippen molar-refractivity contribution in [2.45, 2.75) is 19.6 Å². The second kappa shape index (κ2) is 6.43. The van der Waals surface area contributed by atoms with Gasteiger partial charge in [-0.3, -0.25) is 0 Å². The van der Waals surface area contributed by atoms with Crippen molar-refractivity contribution < 1.29 is 13.2 Å². The fourth-order valence-electron chi connectivity index (χ4n) is 1.66. The van der Waals surface area contributed by atoms with Gasteiger partial charge in [0.05, 0.1) is 0 Å². The largest absolute Gasteiger partial charge is 0.405 e. The molecule has 2 nitrogen and oxygen atoms in total. The van der Waals surface area contributed by atoms with Gasteiger partial charge in [0, 0.05) is 23.8 Å². The molecule has 0 fully saturated rings. The first-order valence-electron chi connectivity index (χ1n) is 5.60. The Bertz CT molecular complexity index is 393. The number of halogens is 4. The molecule has 0 saturated carbocycles. The number of hydrogen-bond donors (Lipinski definition) is 1. The Kier molecular flexibility index (Phi) is 5.47. The molecular weight excluding hydrogens is 309 g/mol. The maximum Gasteiger partial charge on any atom is 0.405 e. The van der Waals surface area contributed by atoms with Gasteiger partial charge >= 0.3 is 6.18 Å². The molecule has 0 spiro atoms. The molecule has 0 unspecified atom stereocenters. The van der Waals surface area contributed by atoms with Crippen LogP contribution in [0.5, 0.6) is 0 Å². The quantitative estimate of drug-likeness (QED) is 0.891. The predicted molar refractivity (Wildman–Crippen MR) is 70.8 cm³/mol. The number of nitrogens with one attached hydrogen (secondary N) is 1. The predicted octanol–water partition coefficient (Wildman–Crippen LogP) is 3.56. The molecular formula is C12H16BrF3N2. The Morgan fingerprint density at radius 1 is 1.33 bits per heavy atom. The number of rotatable bonds is 5. The smallest absolute Gasteiger partial charge is 0.365 e. The van der Waals surface area contributed by atoms with E-state index in [0.29, 0.717) is 12.2 Å². The zero-order valence-corrected chi connectivity index (χ0v) is 11.9. The molecule has 0 bridgehead atoms.